The van der Waals surface area contributed by atoms with Gasteiger partial charge in [-0.1, -0.05) is 23.1 Å². The number of carbonyl (C=O) groups is 1. The summed E-state index contributed by atoms with van der Waals surface area (Å²) in [4.78, 5) is 33.9. The van der Waals surface area contributed by atoms with Crippen molar-refractivity contribution >= 4 is 55.7 Å². The summed E-state index contributed by atoms with van der Waals surface area (Å²) in [5.74, 6) is 0.384. The van der Waals surface area contributed by atoms with Crippen molar-refractivity contribution in [2.24, 2.45) is 0 Å². The highest BCUT2D eigenvalue weighted by atomic mass is 32.2. The highest BCUT2D eigenvalue weighted by Crippen LogP contribution is 2.34. The van der Waals surface area contributed by atoms with Crippen molar-refractivity contribution in [1.29, 1.82) is 0 Å². The van der Waals surface area contributed by atoms with Crippen LogP contribution in [-0.4, -0.2) is 32.3 Å². The Bertz CT molecular complexity index is 1010. The Kier molecular flexibility index (Phi) is 4.57. The first-order valence-electron chi connectivity index (χ1n) is 7.85. The number of anilines is 1. The molecule has 2 N–H and O–H groups in total. The smallest absolute Gasteiger partial charge is 0.259 e. The van der Waals surface area contributed by atoms with E-state index in [4.69, 9.17) is 0 Å². The molecule has 0 aromatic carbocycles. The van der Waals surface area contributed by atoms with Crippen molar-refractivity contribution in [2.75, 3.05) is 11.6 Å². The predicted molar refractivity (Wildman–Crippen MR) is 101 cm³/mol. The molecule has 10 heteroatoms. The lowest BCUT2D eigenvalue weighted by molar-refractivity contribution is -0.116. The summed E-state index contributed by atoms with van der Waals surface area (Å²) in [5.41, 5.74) is 1.08. The quantitative estimate of drug-likeness (QED) is 0.510. The summed E-state index contributed by atoms with van der Waals surface area (Å²) in [7, 11) is 0. The van der Waals surface area contributed by atoms with Gasteiger partial charge < -0.3 is 10.3 Å². The number of hydrogen-bond donors (Lipinski definition) is 2. The van der Waals surface area contributed by atoms with Crippen LogP contribution in [0.1, 0.15) is 29.1 Å². The summed E-state index contributed by atoms with van der Waals surface area (Å²) in [6, 6.07) is 0. The standard InChI is InChI=1S/C15H15N5O2S3/c1-23-15-20-19-14(25-15)18-10(21)6-5-9-16-12(22)11-7-3-2-4-8(7)24-13(11)17-9/h2-6H2,1H3,(H,16,17,22)(H,18,19,21). The summed E-state index contributed by atoms with van der Waals surface area (Å²) in [6.07, 6.45) is 5.63. The van der Waals surface area contributed by atoms with Crippen LogP contribution in [-0.2, 0) is 24.1 Å². The van der Waals surface area contributed by atoms with E-state index in [0.717, 1.165) is 33.8 Å². The third kappa shape index (κ3) is 3.33. The molecule has 0 saturated heterocycles. The fourth-order valence-corrected chi connectivity index (χ4v) is 5.39. The Balaban J connectivity index is 1.46. The normalized spacial score (nSPS) is 13.3. The number of fused-ring (bicyclic) bond motifs is 3. The van der Waals surface area contributed by atoms with Gasteiger partial charge in [0.25, 0.3) is 5.56 Å². The fourth-order valence-electron chi connectivity index (χ4n) is 2.92. The van der Waals surface area contributed by atoms with Crippen LogP contribution in [0, 0.1) is 0 Å². The van der Waals surface area contributed by atoms with Gasteiger partial charge in [-0.15, -0.1) is 21.5 Å². The molecule has 0 unspecified atom stereocenters. The topological polar surface area (TPSA) is 101 Å². The number of nitrogens with zero attached hydrogens (tertiary/aromatic N) is 3. The monoisotopic (exact) mass is 393 g/mol. The largest absolute Gasteiger partial charge is 0.310 e. The lowest BCUT2D eigenvalue weighted by atomic mass is 10.2. The molecule has 0 radical (unpaired) electrons. The molecule has 130 valence electrons. The molecular formula is C15H15N5O2S3. The molecule has 3 aromatic rings. The van der Waals surface area contributed by atoms with Crippen LogP contribution in [0.25, 0.3) is 10.2 Å². The Hall–Kier alpha value is -1.78. The number of aromatic amines is 1. The van der Waals surface area contributed by atoms with Crippen LogP contribution in [0.5, 0.6) is 0 Å². The maximum Gasteiger partial charge on any atom is 0.259 e. The molecule has 3 heterocycles. The number of aryl methyl sites for hydroxylation is 3. The predicted octanol–water partition coefficient (Wildman–Crippen LogP) is 2.62. The molecule has 1 aliphatic rings. The summed E-state index contributed by atoms with van der Waals surface area (Å²) < 4.78 is 0.803. The average molecular weight is 394 g/mol. The fraction of sp³-hybridized carbons (Fsp3) is 0.400. The third-order valence-electron chi connectivity index (χ3n) is 4.04. The number of hydrogen-bond acceptors (Lipinski definition) is 8. The number of nitrogens with one attached hydrogen (secondary N) is 2. The molecule has 0 spiro atoms. The van der Waals surface area contributed by atoms with E-state index >= 15 is 0 Å². The molecule has 0 atom stereocenters. The first-order valence-corrected chi connectivity index (χ1v) is 10.7. The zero-order valence-electron chi connectivity index (χ0n) is 13.4. The molecular weight excluding hydrogens is 378 g/mol. The number of rotatable bonds is 5. The second-order valence-corrected chi connectivity index (χ2v) is 8.79. The van der Waals surface area contributed by atoms with Crippen molar-refractivity contribution in [3.8, 4) is 0 Å². The number of thioether (sulfide) groups is 1. The van der Waals surface area contributed by atoms with Gasteiger partial charge in [-0.3, -0.25) is 9.59 Å². The van der Waals surface area contributed by atoms with E-state index in [0.29, 0.717) is 17.4 Å². The van der Waals surface area contributed by atoms with Crippen LogP contribution in [0.15, 0.2) is 9.13 Å². The van der Waals surface area contributed by atoms with E-state index in [9.17, 15) is 9.59 Å². The lowest BCUT2D eigenvalue weighted by Gasteiger charge is -2.02. The van der Waals surface area contributed by atoms with Gasteiger partial charge in [0, 0.05) is 17.7 Å². The van der Waals surface area contributed by atoms with Gasteiger partial charge in [0.2, 0.25) is 11.0 Å². The molecule has 25 heavy (non-hydrogen) atoms. The molecule has 0 fully saturated rings. The maximum absolute atomic E-state index is 12.4. The minimum Gasteiger partial charge on any atom is -0.310 e. The van der Waals surface area contributed by atoms with E-state index in [-0.39, 0.29) is 17.9 Å². The Morgan fingerprint density at radius 1 is 1.32 bits per heavy atom. The van der Waals surface area contributed by atoms with Gasteiger partial charge in [-0.2, -0.15) is 0 Å². The van der Waals surface area contributed by atoms with Gasteiger partial charge in [-0.05, 0) is 31.1 Å². The van der Waals surface area contributed by atoms with E-state index in [1.807, 2.05) is 6.26 Å². The summed E-state index contributed by atoms with van der Waals surface area (Å²) in [6.45, 7) is 0. The zero-order valence-corrected chi connectivity index (χ0v) is 15.9. The van der Waals surface area contributed by atoms with Crippen molar-refractivity contribution in [3.63, 3.8) is 0 Å². The Morgan fingerprint density at radius 3 is 3.00 bits per heavy atom. The van der Waals surface area contributed by atoms with Gasteiger partial charge in [0.05, 0.1) is 5.39 Å². The number of H-pyrrole nitrogens is 1. The molecule has 7 nitrogen and oxygen atoms in total. The van der Waals surface area contributed by atoms with Crippen molar-refractivity contribution in [2.45, 2.75) is 36.4 Å². The van der Waals surface area contributed by atoms with E-state index in [1.54, 1.807) is 11.3 Å². The first-order chi connectivity index (χ1) is 12.1. The maximum atomic E-state index is 12.4. The highest BCUT2D eigenvalue weighted by Gasteiger charge is 2.21. The number of thiophene rings is 1. The van der Waals surface area contributed by atoms with Gasteiger partial charge in [0.1, 0.15) is 10.7 Å². The Morgan fingerprint density at radius 2 is 2.20 bits per heavy atom. The van der Waals surface area contributed by atoms with Crippen LogP contribution < -0.4 is 10.9 Å². The van der Waals surface area contributed by atoms with E-state index < -0.39 is 0 Å². The van der Waals surface area contributed by atoms with Crippen LogP contribution in [0.3, 0.4) is 0 Å². The van der Waals surface area contributed by atoms with Gasteiger partial charge in [-0.25, -0.2) is 4.98 Å². The van der Waals surface area contributed by atoms with Gasteiger partial charge in [0.15, 0.2) is 4.34 Å². The molecule has 3 aromatic heterocycles. The van der Waals surface area contributed by atoms with Crippen LogP contribution >= 0.6 is 34.4 Å². The molecule has 1 aliphatic carbocycles. The van der Waals surface area contributed by atoms with Gasteiger partial charge >= 0.3 is 0 Å². The molecule has 0 aliphatic heterocycles. The molecule has 0 saturated carbocycles. The molecule has 4 rings (SSSR count). The minimum absolute atomic E-state index is 0.0893. The number of aromatic nitrogens is 4. The Labute approximate surface area is 155 Å². The SMILES string of the molecule is CSc1nnc(NC(=O)CCc2nc3sc4c(c3c(=O)[nH]2)CCC4)s1. The van der Waals surface area contributed by atoms with Crippen molar-refractivity contribution < 1.29 is 4.79 Å². The second-order valence-electron chi connectivity index (χ2n) is 5.68. The van der Waals surface area contributed by atoms with Crippen LogP contribution in [0.4, 0.5) is 5.13 Å². The molecule has 1 amide bonds. The molecule has 0 bridgehead atoms. The summed E-state index contributed by atoms with van der Waals surface area (Å²) in [5, 5.41) is 11.8. The lowest BCUT2D eigenvalue weighted by Crippen LogP contribution is -2.16. The van der Waals surface area contributed by atoms with Crippen molar-refractivity contribution in [3.05, 3.63) is 26.6 Å². The van der Waals surface area contributed by atoms with Crippen LogP contribution in [0.2, 0.25) is 0 Å². The van der Waals surface area contributed by atoms with Crippen molar-refractivity contribution in [1.82, 2.24) is 20.2 Å². The number of carbonyl (C=O) groups excluding carboxylic acids is 1. The first kappa shape index (κ1) is 16.7. The second kappa shape index (κ2) is 6.85. The highest BCUT2D eigenvalue weighted by molar-refractivity contribution is 8.00. The van der Waals surface area contributed by atoms with E-state index in [2.05, 4.69) is 25.5 Å². The number of amides is 1. The zero-order chi connectivity index (χ0) is 17.4. The minimum atomic E-state index is -0.166. The third-order valence-corrected chi connectivity index (χ3v) is 7.04. The average Bonchev–Trinajstić information content (AvgIpc) is 3.28. The summed E-state index contributed by atoms with van der Waals surface area (Å²) >= 11 is 4.43. The van der Waals surface area contributed by atoms with E-state index in [1.165, 1.54) is 33.5 Å².